The van der Waals surface area contributed by atoms with Gasteiger partial charge in [-0.3, -0.25) is 13.9 Å². The first-order chi connectivity index (χ1) is 13.8. The van der Waals surface area contributed by atoms with Gasteiger partial charge in [0.1, 0.15) is 6.54 Å². The number of rotatable bonds is 6. The Morgan fingerprint density at radius 1 is 1.00 bits per heavy atom. The van der Waals surface area contributed by atoms with Crippen LogP contribution < -0.4 is 4.31 Å². The van der Waals surface area contributed by atoms with Crippen LogP contribution in [0.4, 0.5) is 5.69 Å². The number of hydrogen-bond donors (Lipinski definition) is 0. The van der Waals surface area contributed by atoms with Crippen LogP contribution in [0, 0.1) is 12.8 Å². The van der Waals surface area contributed by atoms with Gasteiger partial charge in [0.15, 0.2) is 5.78 Å². The molecular formula is C22H26N2O4S. The fourth-order valence-electron chi connectivity index (χ4n) is 3.68. The van der Waals surface area contributed by atoms with Crippen LogP contribution in [-0.4, -0.2) is 50.9 Å². The van der Waals surface area contributed by atoms with Crippen LogP contribution in [0.25, 0.3) is 0 Å². The highest BCUT2D eigenvalue weighted by Crippen LogP contribution is 2.24. The topological polar surface area (TPSA) is 74.8 Å². The predicted molar refractivity (Wildman–Crippen MR) is 113 cm³/mol. The Kier molecular flexibility index (Phi) is 6.37. The van der Waals surface area contributed by atoms with Crippen LogP contribution in [0.5, 0.6) is 0 Å². The highest BCUT2D eigenvalue weighted by molar-refractivity contribution is 7.92. The summed E-state index contributed by atoms with van der Waals surface area (Å²) < 4.78 is 25.8. The largest absolute Gasteiger partial charge is 0.341 e. The number of nitrogens with zero attached hydrogens (tertiary/aromatic N) is 2. The molecule has 0 aromatic heterocycles. The molecule has 3 rings (SSSR count). The average Bonchev–Trinajstić information content (AvgIpc) is 2.72. The fraction of sp³-hybridized carbons (Fsp3) is 0.364. The van der Waals surface area contributed by atoms with Crippen LogP contribution in [0.1, 0.15) is 28.8 Å². The first-order valence-electron chi connectivity index (χ1n) is 9.68. The normalized spacial score (nSPS) is 15.2. The van der Waals surface area contributed by atoms with Gasteiger partial charge in [0, 0.05) is 24.6 Å². The van der Waals surface area contributed by atoms with E-state index in [1.165, 1.54) is 0 Å². The summed E-state index contributed by atoms with van der Waals surface area (Å²) in [7, 11) is -3.60. The molecule has 29 heavy (non-hydrogen) atoms. The average molecular weight is 415 g/mol. The van der Waals surface area contributed by atoms with Gasteiger partial charge in [-0.25, -0.2) is 8.42 Å². The molecule has 0 atom stereocenters. The number of benzene rings is 2. The number of Topliss-reactive ketones (excluding diaryl/α,β-unsaturated/α-hetero) is 1. The number of likely N-dealkylation sites (tertiary alicyclic amines) is 1. The maximum absolute atomic E-state index is 12.8. The maximum atomic E-state index is 12.8. The Morgan fingerprint density at radius 3 is 2.17 bits per heavy atom. The summed E-state index contributed by atoms with van der Waals surface area (Å²) >= 11 is 0. The third kappa shape index (κ3) is 5.03. The molecule has 1 fully saturated rings. The molecule has 6 nitrogen and oxygen atoms in total. The first kappa shape index (κ1) is 21.0. The van der Waals surface area contributed by atoms with E-state index in [1.807, 2.05) is 49.4 Å². The Labute approximate surface area is 172 Å². The van der Waals surface area contributed by atoms with Gasteiger partial charge in [0.25, 0.3) is 0 Å². The van der Waals surface area contributed by atoms with E-state index >= 15 is 0 Å². The number of amides is 1. The zero-order valence-corrected chi connectivity index (χ0v) is 17.6. The molecule has 0 radical (unpaired) electrons. The lowest BCUT2D eigenvalue weighted by molar-refractivity contribution is -0.130. The van der Waals surface area contributed by atoms with Crippen LogP contribution >= 0.6 is 0 Å². The van der Waals surface area contributed by atoms with Crippen molar-refractivity contribution < 1.29 is 18.0 Å². The zero-order chi connectivity index (χ0) is 21.0. The summed E-state index contributed by atoms with van der Waals surface area (Å²) in [6.07, 6.45) is 2.28. The molecule has 2 aromatic carbocycles. The lowest BCUT2D eigenvalue weighted by Gasteiger charge is -2.33. The van der Waals surface area contributed by atoms with Gasteiger partial charge in [-0.05, 0) is 31.4 Å². The van der Waals surface area contributed by atoms with Crippen molar-refractivity contribution in [2.75, 3.05) is 30.2 Å². The third-order valence-electron chi connectivity index (χ3n) is 5.34. The summed E-state index contributed by atoms with van der Waals surface area (Å²) in [5, 5.41) is 0. The molecule has 1 aliphatic heterocycles. The Morgan fingerprint density at radius 2 is 1.59 bits per heavy atom. The number of sulfonamides is 1. The SMILES string of the molecule is Cc1ccccc1N(CC(=O)N1CCC(C(=O)c2ccccc2)CC1)S(C)(=O)=O. The number of ketones is 1. The second-order valence-corrected chi connectivity index (χ2v) is 9.35. The summed E-state index contributed by atoms with van der Waals surface area (Å²) in [4.78, 5) is 27.1. The summed E-state index contributed by atoms with van der Waals surface area (Å²) in [5.41, 5.74) is 2.00. The number of para-hydroxylation sites is 1. The molecule has 1 aliphatic rings. The molecule has 1 heterocycles. The zero-order valence-electron chi connectivity index (χ0n) is 16.7. The second kappa shape index (κ2) is 8.78. The summed E-state index contributed by atoms with van der Waals surface area (Å²) in [5.74, 6) is -0.247. The van der Waals surface area contributed by atoms with E-state index in [2.05, 4.69) is 0 Å². The van der Waals surface area contributed by atoms with E-state index in [-0.39, 0.29) is 24.2 Å². The second-order valence-electron chi connectivity index (χ2n) is 7.44. The lowest BCUT2D eigenvalue weighted by atomic mass is 9.89. The lowest BCUT2D eigenvalue weighted by Crippen LogP contribution is -2.46. The molecule has 0 spiro atoms. The number of aryl methyl sites for hydroxylation is 1. The molecule has 0 saturated carbocycles. The standard InChI is InChI=1S/C22H26N2O4S/c1-17-8-6-7-11-20(17)24(29(2,27)28)16-21(25)23-14-12-19(13-15-23)22(26)18-9-4-3-5-10-18/h3-11,19H,12-16H2,1-2H3. The smallest absolute Gasteiger partial charge is 0.243 e. The molecule has 0 N–H and O–H groups in total. The van der Waals surface area contributed by atoms with Gasteiger partial charge in [0.05, 0.1) is 11.9 Å². The minimum atomic E-state index is -3.60. The van der Waals surface area contributed by atoms with Crippen LogP contribution in [0.15, 0.2) is 54.6 Å². The molecular weight excluding hydrogens is 388 g/mol. The molecule has 0 unspecified atom stereocenters. The number of hydrogen-bond acceptors (Lipinski definition) is 4. The molecule has 0 bridgehead atoms. The molecule has 7 heteroatoms. The maximum Gasteiger partial charge on any atom is 0.243 e. The van der Waals surface area contributed by atoms with Gasteiger partial charge in [-0.2, -0.15) is 0 Å². The monoisotopic (exact) mass is 414 g/mol. The Bertz CT molecular complexity index is 981. The Hall–Kier alpha value is -2.67. The summed E-state index contributed by atoms with van der Waals surface area (Å²) in [6, 6.07) is 16.3. The molecule has 2 aromatic rings. The number of carbonyl (C=O) groups excluding carboxylic acids is 2. The number of anilines is 1. The minimum absolute atomic E-state index is 0.107. The van der Waals surface area contributed by atoms with E-state index in [1.54, 1.807) is 17.0 Å². The van der Waals surface area contributed by atoms with Gasteiger partial charge >= 0.3 is 0 Å². The van der Waals surface area contributed by atoms with E-state index < -0.39 is 10.0 Å². The van der Waals surface area contributed by atoms with E-state index in [0.29, 0.717) is 37.2 Å². The molecule has 154 valence electrons. The van der Waals surface area contributed by atoms with Crippen molar-refractivity contribution in [1.29, 1.82) is 0 Å². The third-order valence-corrected chi connectivity index (χ3v) is 6.47. The number of carbonyl (C=O) groups is 2. The van der Waals surface area contributed by atoms with Gasteiger partial charge in [-0.1, -0.05) is 48.5 Å². The first-order valence-corrected chi connectivity index (χ1v) is 11.5. The van der Waals surface area contributed by atoms with Crippen LogP contribution in [0.2, 0.25) is 0 Å². The van der Waals surface area contributed by atoms with Crippen LogP contribution in [-0.2, 0) is 14.8 Å². The van der Waals surface area contributed by atoms with Crippen molar-refractivity contribution in [3.05, 3.63) is 65.7 Å². The van der Waals surface area contributed by atoms with Gasteiger partial charge in [0.2, 0.25) is 15.9 Å². The highest BCUT2D eigenvalue weighted by Gasteiger charge is 2.30. The van der Waals surface area contributed by atoms with Crippen molar-refractivity contribution in [3.63, 3.8) is 0 Å². The number of piperidine rings is 1. The van der Waals surface area contributed by atoms with Crippen molar-refractivity contribution in [2.24, 2.45) is 5.92 Å². The molecule has 1 amide bonds. The molecule has 0 aliphatic carbocycles. The predicted octanol–water partition coefficient (Wildman–Crippen LogP) is 2.88. The molecule has 1 saturated heterocycles. The van der Waals surface area contributed by atoms with Crippen molar-refractivity contribution in [1.82, 2.24) is 4.90 Å². The fourth-order valence-corrected chi connectivity index (χ4v) is 4.58. The van der Waals surface area contributed by atoms with E-state index in [0.717, 1.165) is 16.1 Å². The van der Waals surface area contributed by atoms with Crippen LogP contribution in [0.3, 0.4) is 0 Å². The highest BCUT2D eigenvalue weighted by atomic mass is 32.2. The van der Waals surface area contributed by atoms with E-state index in [9.17, 15) is 18.0 Å². The van der Waals surface area contributed by atoms with Gasteiger partial charge < -0.3 is 4.90 Å². The minimum Gasteiger partial charge on any atom is -0.341 e. The van der Waals surface area contributed by atoms with Crippen molar-refractivity contribution in [3.8, 4) is 0 Å². The van der Waals surface area contributed by atoms with Gasteiger partial charge in [-0.15, -0.1) is 0 Å². The Balaban J connectivity index is 1.65. The van der Waals surface area contributed by atoms with Crippen molar-refractivity contribution >= 4 is 27.4 Å². The summed E-state index contributed by atoms with van der Waals surface area (Å²) in [6.45, 7) is 2.49. The quantitative estimate of drug-likeness (QED) is 0.681. The van der Waals surface area contributed by atoms with Crippen molar-refractivity contribution in [2.45, 2.75) is 19.8 Å². The van der Waals surface area contributed by atoms with E-state index in [4.69, 9.17) is 0 Å².